The summed E-state index contributed by atoms with van der Waals surface area (Å²) in [4.78, 5) is 5.63. The molecule has 0 radical (unpaired) electrons. The van der Waals surface area contributed by atoms with Gasteiger partial charge in [-0.2, -0.15) is 13.6 Å². The van der Waals surface area contributed by atoms with Crippen LogP contribution in [0.1, 0.15) is 24.8 Å². The van der Waals surface area contributed by atoms with Crippen LogP contribution in [0.3, 0.4) is 0 Å². The predicted octanol–water partition coefficient (Wildman–Crippen LogP) is 4.63. The van der Waals surface area contributed by atoms with Crippen molar-refractivity contribution >= 4 is 16.7 Å². The number of alkyl halides is 2. The zero-order chi connectivity index (χ0) is 24.5. The molecule has 0 atom stereocenters. The highest BCUT2D eigenvalue weighted by Gasteiger charge is 2.22. The lowest BCUT2D eigenvalue weighted by molar-refractivity contribution is 0.116. The first kappa shape index (κ1) is 22.4. The predicted molar refractivity (Wildman–Crippen MR) is 116 cm³/mol. The van der Waals surface area contributed by atoms with Crippen LogP contribution in [0.5, 0.6) is 0 Å². The highest BCUT2D eigenvalue weighted by Crippen LogP contribution is 2.28. The molecule has 5 aromatic rings. The lowest BCUT2D eigenvalue weighted by atomic mass is 10.1. The fraction of sp³-hybridized carbons (Fsp3) is 0.182. The molecule has 3 heterocycles. The Bertz CT molecular complexity index is 1520. The number of aromatic nitrogens is 7. The highest BCUT2D eigenvalue weighted by molar-refractivity contribution is 5.84. The smallest absolute Gasteiger partial charge is 0.314 e. The lowest BCUT2D eigenvalue weighted by Gasteiger charge is -2.06. The molecule has 3 aromatic heterocycles. The topological polar surface area (TPSA) is 107 Å². The van der Waals surface area contributed by atoms with Gasteiger partial charge in [0.15, 0.2) is 11.6 Å². The van der Waals surface area contributed by atoms with Crippen LogP contribution in [0, 0.1) is 11.6 Å². The van der Waals surface area contributed by atoms with E-state index < -0.39 is 35.4 Å². The molecule has 0 unspecified atom stereocenters. The summed E-state index contributed by atoms with van der Waals surface area (Å²) in [5.41, 5.74) is 0.955. The fourth-order valence-corrected chi connectivity index (χ4v) is 3.43. The molecule has 1 N–H and O–H groups in total. The van der Waals surface area contributed by atoms with Crippen molar-refractivity contribution in [2.45, 2.75) is 19.9 Å². The number of nitrogens with one attached hydrogen (secondary N) is 1. The maximum Gasteiger partial charge on any atom is 0.314 e. The van der Waals surface area contributed by atoms with E-state index in [2.05, 4.69) is 35.9 Å². The minimum absolute atomic E-state index is 0.0811. The molecule has 35 heavy (non-hydrogen) atoms. The van der Waals surface area contributed by atoms with Crippen molar-refractivity contribution in [1.29, 1.82) is 0 Å². The van der Waals surface area contributed by atoms with Crippen molar-refractivity contribution < 1.29 is 22.0 Å². The first-order chi connectivity index (χ1) is 16.9. The number of nitrogens with zero attached hydrogens (tertiary/aromatic N) is 7. The standard InChI is InChI=1S/C22H16F4N8O/c1-2-27-16-8-5-11-9-12(4-7-15(11)28-16)20-29-33-34(32-20)10-13-3-6-14(18(24)17(13)23)21-30-31-22(35-21)19(25)26/h3-9,19H,2,10H2,1H3,(H,27,28). The Morgan fingerprint density at radius 3 is 2.63 bits per heavy atom. The van der Waals surface area contributed by atoms with E-state index in [0.717, 1.165) is 34.1 Å². The molecule has 13 heteroatoms. The maximum absolute atomic E-state index is 14.7. The zero-order valence-corrected chi connectivity index (χ0v) is 18.1. The van der Waals surface area contributed by atoms with E-state index in [9.17, 15) is 17.6 Å². The summed E-state index contributed by atoms with van der Waals surface area (Å²) in [5.74, 6) is -2.99. The Labute approximate surface area is 194 Å². The zero-order valence-electron chi connectivity index (χ0n) is 18.1. The number of hydrogen-bond donors (Lipinski definition) is 1. The number of tetrazole rings is 1. The third kappa shape index (κ3) is 4.39. The van der Waals surface area contributed by atoms with Crippen LogP contribution in [-0.4, -0.2) is 41.9 Å². The molecule has 0 saturated carbocycles. The van der Waals surface area contributed by atoms with Crippen molar-refractivity contribution in [2.75, 3.05) is 11.9 Å². The van der Waals surface area contributed by atoms with E-state index >= 15 is 0 Å². The molecule has 0 bridgehead atoms. The van der Waals surface area contributed by atoms with Crippen LogP contribution in [0.4, 0.5) is 23.4 Å². The van der Waals surface area contributed by atoms with E-state index in [-0.39, 0.29) is 12.1 Å². The van der Waals surface area contributed by atoms with Gasteiger partial charge in [-0.15, -0.1) is 20.4 Å². The minimum atomic E-state index is -3.02. The third-order valence-electron chi connectivity index (χ3n) is 5.09. The summed E-state index contributed by atoms with van der Waals surface area (Å²) in [6, 6.07) is 11.7. The number of pyridine rings is 1. The van der Waals surface area contributed by atoms with Gasteiger partial charge < -0.3 is 9.73 Å². The second-order valence-electron chi connectivity index (χ2n) is 7.42. The van der Waals surface area contributed by atoms with Crippen LogP contribution in [0.2, 0.25) is 0 Å². The molecule has 2 aromatic carbocycles. The summed E-state index contributed by atoms with van der Waals surface area (Å²) in [6.07, 6.45) is -3.02. The molecule has 0 aliphatic carbocycles. The summed E-state index contributed by atoms with van der Waals surface area (Å²) in [5, 5.41) is 22.7. The Hall–Kier alpha value is -4.42. The van der Waals surface area contributed by atoms with E-state index in [1.54, 1.807) is 6.07 Å². The van der Waals surface area contributed by atoms with Crippen LogP contribution in [0.25, 0.3) is 33.7 Å². The number of anilines is 1. The highest BCUT2D eigenvalue weighted by atomic mass is 19.3. The Kier molecular flexibility index (Phi) is 5.81. The van der Waals surface area contributed by atoms with Gasteiger partial charge in [-0.3, -0.25) is 0 Å². The summed E-state index contributed by atoms with van der Waals surface area (Å²) >= 11 is 0. The summed E-state index contributed by atoms with van der Waals surface area (Å²) in [7, 11) is 0. The molecule has 9 nitrogen and oxygen atoms in total. The number of halogens is 4. The van der Waals surface area contributed by atoms with Crippen molar-refractivity contribution in [1.82, 2.24) is 35.4 Å². The van der Waals surface area contributed by atoms with Gasteiger partial charge in [0, 0.05) is 23.1 Å². The Balaban J connectivity index is 1.37. The van der Waals surface area contributed by atoms with Gasteiger partial charge in [0.25, 0.3) is 11.8 Å². The number of hydrogen-bond acceptors (Lipinski definition) is 8. The monoisotopic (exact) mass is 484 g/mol. The van der Waals surface area contributed by atoms with Crippen LogP contribution >= 0.6 is 0 Å². The van der Waals surface area contributed by atoms with E-state index in [1.165, 1.54) is 6.07 Å². The van der Waals surface area contributed by atoms with Gasteiger partial charge in [-0.1, -0.05) is 6.07 Å². The average molecular weight is 484 g/mol. The van der Waals surface area contributed by atoms with Crippen molar-refractivity contribution in [3.05, 3.63) is 65.6 Å². The second-order valence-corrected chi connectivity index (χ2v) is 7.42. The summed E-state index contributed by atoms with van der Waals surface area (Å²) in [6.45, 7) is 2.52. The number of rotatable bonds is 7. The molecule has 178 valence electrons. The van der Waals surface area contributed by atoms with Crippen molar-refractivity contribution in [3.63, 3.8) is 0 Å². The molecular formula is C22H16F4N8O. The lowest BCUT2D eigenvalue weighted by Crippen LogP contribution is -2.07. The molecule has 0 fully saturated rings. The normalized spacial score (nSPS) is 11.5. The Morgan fingerprint density at radius 2 is 1.86 bits per heavy atom. The van der Waals surface area contributed by atoms with Gasteiger partial charge in [-0.25, -0.2) is 13.8 Å². The molecule has 0 spiro atoms. The van der Waals surface area contributed by atoms with Gasteiger partial charge in [-0.05, 0) is 48.5 Å². The minimum Gasteiger partial charge on any atom is -0.415 e. The van der Waals surface area contributed by atoms with Crippen molar-refractivity contribution in [3.8, 4) is 22.8 Å². The van der Waals surface area contributed by atoms with Gasteiger partial charge in [0.1, 0.15) is 5.82 Å². The molecular weight excluding hydrogens is 468 g/mol. The molecule has 0 aliphatic heterocycles. The molecule has 5 rings (SSSR count). The van der Waals surface area contributed by atoms with Crippen LogP contribution in [-0.2, 0) is 6.54 Å². The number of fused-ring (bicyclic) bond motifs is 1. The van der Waals surface area contributed by atoms with Crippen LogP contribution in [0.15, 0.2) is 46.9 Å². The maximum atomic E-state index is 14.7. The summed E-state index contributed by atoms with van der Waals surface area (Å²) < 4.78 is 59.2. The second kappa shape index (κ2) is 9.08. The Morgan fingerprint density at radius 1 is 1.00 bits per heavy atom. The molecule has 0 aliphatic rings. The largest absolute Gasteiger partial charge is 0.415 e. The van der Waals surface area contributed by atoms with Crippen LogP contribution < -0.4 is 5.32 Å². The van der Waals surface area contributed by atoms with Gasteiger partial charge in [0.05, 0.1) is 17.6 Å². The average Bonchev–Trinajstić information content (AvgIpc) is 3.52. The first-order valence-electron chi connectivity index (χ1n) is 10.4. The van der Waals surface area contributed by atoms with E-state index in [4.69, 9.17) is 4.42 Å². The first-order valence-corrected chi connectivity index (χ1v) is 10.4. The molecule has 0 amide bonds. The van der Waals surface area contributed by atoms with E-state index in [0.29, 0.717) is 11.4 Å². The SMILES string of the molecule is CCNc1ccc2cc(-c3nnn(Cc4ccc(-c5nnc(C(F)F)o5)c(F)c4F)n3)ccc2n1. The fourth-order valence-electron chi connectivity index (χ4n) is 3.43. The van der Waals surface area contributed by atoms with Crippen molar-refractivity contribution in [2.24, 2.45) is 0 Å². The third-order valence-corrected chi connectivity index (χ3v) is 5.09. The van der Waals surface area contributed by atoms with Gasteiger partial charge in [0.2, 0.25) is 5.82 Å². The van der Waals surface area contributed by atoms with E-state index in [1.807, 2.05) is 31.2 Å². The quantitative estimate of drug-likeness (QED) is 0.333. The van der Waals surface area contributed by atoms with Gasteiger partial charge >= 0.3 is 6.43 Å². The number of benzene rings is 2. The molecule has 0 saturated heterocycles.